The van der Waals surface area contributed by atoms with Crippen molar-refractivity contribution in [1.29, 1.82) is 0 Å². The molecule has 3 rings (SSSR count). The molecule has 144 valence electrons. The van der Waals surface area contributed by atoms with Gasteiger partial charge in [0.05, 0.1) is 0 Å². The van der Waals surface area contributed by atoms with Gasteiger partial charge in [-0.3, -0.25) is 4.79 Å². The zero-order valence-corrected chi connectivity index (χ0v) is 16.2. The van der Waals surface area contributed by atoms with Crippen LogP contribution in [0.1, 0.15) is 16.7 Å². The fourth-order valence-electron chi connectivity index (χ4n) is 2.84. The lowest BCUT2D eigenvalue weighted by molar-refractivity contribution is -0.118. The normalized spacial score (nSPS) is 10.5. The monoisotopic (exact) mass is 374 g/mol. The minimum absolute atomic E-state index is 0.0151. The number of benzene rings is 3. The van der Waals surface area contributed by atoms with Crippen LogP contribution < -0.4 is 15.4 Å². The topological polar surface area (TPSA) is 50.4 Å². The summed E-state index contributed by atoms with van der Waals surface area (Å²) < 4.78 is 5.64. The smallest absolute Gasteiger partial charge is 0.262 e. The SMILES string of the molecule is Cc1ccc(NC(=O)COc2cccc(CNCCc3ccccc3)c2)cc1. The van der Waals surface area contributed by atoms with Crippen LogP contribution in [-0.4, -0.2) is 19.1 Å². The Morgan fingerprint density at radius 3 is 2.43 bits per heavy atom. The highest BCUT2D eigenvalue weighted by atomic mass is 16.5. The third-order valence-electron chi connectivity index (χ3n) is 4.37. The van der Waals surface area contributed by atoms with Crippen LogP contribution in [0.3, 0.4) is 0 Å². The molecule has 0 aliphatic heterocycles. The Morgan fingerprint density at radius 2 is 1.64 bits per heavy atom. The van der Waals surface area contributed by atoms with Gasteiger partial charge in [-0.1, -0.05) is 60.2 Å². The van der Waals surface area contributed by atoms with Crippen LogP contribution in [-0.2, 0) is 17.8 Å². The predicted molar refractivity (Wildman–Crippen MR) is 114 cm³/mol. The molecule has 0 radical (unpaired) electrons. The third-order valence-corrected chi connectivity index (χ3v) is 4.37. The van der Waals surface area contributed by atoms with Crippen LogP contribution in [0.25, 0.3) is 0 Å². The molecule has 2 N–H and O–H groups in total. The maximum Gasteiger partial charge on any atom is 0.262 e. The molecule has 0 aliphatic rings. The van der Waals surface area contributed by atoms with E-state index in [0.717, 1.165) is 36.3 Å². The number of ether oxygens (including phenoxy) is 1. The quantitative estimate of drug-likeness (QED) is 0.548. The van der Waals surface area contributed by atoms with E-state index in [1.807, 2.05) is 55.5 Å². The van der Waals surface area contributed by atoms with Crippen molar-refractivity contribution in [3.63, 3.8) is 0 Å². The number of rotatable bonds is 9. The maximum absolute atomic E-state index is 12.1. The van der Waals surface area contributed by atoms with Crippen molar-refractivity contribution in [2.75, 3.05) is 18.5 Å². The summed E-state index contributed by atoms with van der Waals surface area (Å²) >= 11 is 0. The predicted octanol–water partition coefficient (Wildman–Crippen LogP) is 4.34. The molecule has 0 fully saturated rings. The molecule has 0 unspecified atom stereocenters. The minimum atomic E-state index is -0.171. The van der Waals surface area contributed by atoms with Crippen molar-refractivity contribution >= 4 is 11.6 Å². The van der Waals surface area contributed by atoms with Gasteiger partial charge in [-0.2, -0.15) is 0 Å². The summed E-state index contributed by atoms with van der Waals surface area (Å²) in [6, 6.07) is 26.0. The largest absolute Gasteiger partial charge is 0.484 e. The lowest BCUT2D eigenvalue weighted by Crippen LogP contribution is -2.20. The van der Waals surface area contributed by atoms with E-state index in [0.29, 0.717) is 5.75 Å². The molecule has 0 heterocycles. The van der Waals surface area contributed by atoms with E-state index in [9.17, 15) is 4.79 Å². The molecular formula is C24H26N2O2. The molecule has 0 bridgehead atoms. The molecule has 0 spiro atoms. The maximum atomic E-state index is 12.1. The van der Waals surface area contributed by atoms with E-state index in [-0.39, 0.29) is 12.5 Å². The molecule has 3 aromatic carbocycles. The summed E-state index contributed by atoms with van der Waals surface area (Å²) in [4.78, 5) is 12.1. The van der Waals surface area contributed by atoms with Gasteiger partial charge >= 0.3 is 0 Å². The summed E-state index contributed by atoms with van der Waals surface area (Å²) in [6.45, 7) is 3.67. The van der Waals surface area contributed by atoms with Gasteiger partial charge < -0.3 is 15.4 Å². The average molecular weight is 374 g/mol. The zero-order valence-electron chi connectivity index (χ0n) is 16.2. The van der Waals surface area contributed by atoms with E-state index in [2.05, 4.69) is 41.0 Å². The van der Waals surface area contributed by atoms with Gasteiger partial charge in [-0.05, 0) is 55.3 Å². The number of carbonyl (C=O) groups is 1. The summed E-state index contributed by atoms with van der Waals surface area (Å²) in [6.07, 6.45) is 0.996. The Labute approximate surface area is 166 Å². The van der Waals surface area contributed by atoms with Crippen LogP contribution in [0.5, 0.6) is 5.75 Å². The second-order valence-corrected chi connectivity index (χ2v) is 6.76. The number of hydrogen-bond donors (Lipinski definition) is 2. The Kier molecular flexibility index (Phi) is 7.21. The van der Waals surface area contributed by atoms with Crippen LogP contribution in [0.15, 0.2) is 78.9 Å². The van der Waals surface area contributed by atoms with E-state index in [1.54, 1.807) is 0 Å². The molecule has 0 saturated carbocycles. The van der Waals surface area contributed by atoms with Gasteiger partial charge in [0.15, 0.2) is 6.61 Å². The van der Waals surface area contributed by atoms with Crippen molar-refractivity contribution in [2.24, 2.45) is 0 Å². The minimum Gasteiger partial charge on any atom is -0.484 e. The molecule has 3 aromatic rings. The molecule has 0 saturated heterocycles. The van der Waals surface area contributed by atoms with Gasteiger partial charge in [0, 0.05) is 12.2 Å². The van der Waals surface area contributed by atoms with Gasteiger partial charge in [0.25, 0.3) is 5.91 Å². The highest BCUT2D eigenvalue weighted by molar-refractivity contribution is 5.91. The van der Waals surface area contributed by atoms with Gasteiger partial charge in [0.2, 0.25) is 0 Å². The molecule has 4 nitrogen and oxygen atoms in total. The highest BCUT2D eigenvalue weighted by Crippen LogP contribution is 2.14. The Balaban J connectivity index is 1.41. The van der Waals surface area contributed by atoms with Gasteiger partial charge in [-0.15, -0.1) is 0 Å². The second kappa shape index (κ2) is 10.3. The van der Waals surface area contributed by atoms with Crippen molar-refractivity contribution in [3.8, 4) is 5.75 Å². The number of hydrogen-bond acceptors (Lipinski definition) is 3. The molecule has 28 heavy (non-hydrogen) atoms. The summed E-state index contributed by atoms with van der Waals surface area (Å²) in [7, 11) is 0. The Morgan fingerprint density at radius 1 is 0.893 bits per heavy atom. The van der Waals surface area contributed by atoms with Crippen molar-refractivity contribution in [2.45, 2.75) is 19.9 Å². The van der Waals surface area contributed by atoms with Crippen LogP contribution in [0.4, 0.5) is 5.69 Å². The Hall–Kier alpha value is -3.11. The first-order chi connectivity index (χ1) is 13.7. The second-order valence-electron chi connectivity index (χ2n) is 6.76. The number of carbonyl (C=O) groups excluding carboxylic acids is 1. The average Bonchev–Trinajstić information content (AvgIpc) is 2.73. The lowest BCUT2D eigenvalue weighted by atomic mass is 10.1. The molecular weight excluding hydrogens is 348 g/mol. The first-order valence-corrected chi connectivity index (χ1v) is 9.52. The van der Waals surface area contributed by atoms with Gasteiger partial charge in [-0.25, -0.2) is 0 Å². The van der Waals surface area contributed by atoms with E-state index < -0.39 is 0 Å². The number of nitrogens with one attached hydrogen (secondary N) is 2. The van der Waals surface area contributed by atoms with Crippen molar-refractivity contribution in [1.82, 2.24) is 5.32 Å². The molecule has 0 aliphatic carbocycles. The first kappa shape index (κ1) is 19.6. The molecule has 0 aromatic heterocycles. The molecule has 4 heteroatoms. The Bertz CT molecular complexity index is 877. The summed E-state index contributed by atoms with van der Waals surface area (Å²) in [5.41, 5.74) is 4.38. The van der Waals surface area contributed by atoms with E-state index in [1.165, 1.54) is 5.56 Å². The highest BCUT2D eigenvalue weighted by Gasteiger charge is 2.04. The van der Waals surface area contributed by atoms with Crippen molar-refractivity contribution in [3.05, 3.63) is 95.6 Å². The van der Waals surface area contributed by atoms with Crippen LogP contribution >= 0.6 is 0 Å². The fourth-order valence-corrected chi connectivity index (χ4v) is 2.84. The van der Waals surface area contributed by atoms with E-state index >= 15 is 0 Å². The number of aryl methyl sites for hydroxylation is 1. The first-order valence-electron chi connectivity index (χ1n) is 9.52. The lowest BCUT2D eigenvalue weighted by Gasteiger charge is -2.10. The summed E-state index contributed by atoms with van der Waals surface area (Å²) in [5.74, 6) is 0.525. The number of anilines is 1. The third kappa shape index (κ3) is 6.56. The van der Waals surface area contributed by atoms with Crippen LogP contribution in [0.2, 0.25) is 0 Å². The molecule has 0 atom stereocenters. The number of amides is 1. The summed E-state index contributed by atoms with van der Waals surface area (Å²) in [5, 5.41) is 6.28. The zero-order chi connectivity index (χ0) is 19.6. The van der Waals surface area contributed by atoms with Crippen molar-refractivity contribution < 1.29 is 9.53 Å². The molecule has 1 amide bonds. The van der Waals surface area contributed by atoms with Gasteiger partial charge in [0.1, 0.15) is 5.75 Å². The standard InChI is InChI=1S/C24H26N2O2/c1-19-10-12-22(13-11-19)26-24(27)18-28-23-9-5-8-21(16-23)17-25-15-14-20-6-3-2-4-7-20/h2-13,16,25H,14-15,17-18H2,1H3,(H,26,27). The fraction of sp³-hybridized carbons (Fsp3) is 0.208. The van der Waals surface area contributed by atoms with Crippen LogP contribution in [0, 0.1) is 6.92 Å². The van der Waals surface area contributed by atoms with E-state index in [4.69, 9.17) is 4.74 Å².